The lowest BCUT2D eigenvalue weighted by atomic mass is 10.00. The van der Waals surface area contributed by atoms with Crippen LogP contribution in [-0.4, -0.2) is 56.6 Å². The standard InChI is InChI=1S/C19H30N4O2.HI/c1-4-20-19(23-12-8-15(2)9-13-23)22-11-10-21-18(24)16-6-5-7-17(14-16)25-3;/h5-7,14-15H,4,8-13H2,1-3H3,(H,20,22)(H,21,24);1H. The van der Waals surface area contributed by atoms with Gasteiger partial charge in [0.15, 0.2) is 5.96 Å². The minimum atomic E-state index is -0.106. The molecule has 1 aliphatic heterocycles. The molecule has 1 fully saturated rings. The number of hydrogen-bond acceptors (Lipinski definition) is 3. The topological polar surface area (TPSA) is 66.0 Å². The summed E-state index contributed by atoms with van der Waals surface area (Å²) in [5.41, 5.74) is 0.597. The first-order valence-corrected chi connectivity index (χ1v) is 9.09. The molecule has 2 N–H and O–H groups in total. The summed E-state index contributed by atoms with van der Waals surface area (Å²) in [6, 6.07) is 7.15. The number of piperidine rings is 1. The van der Waals surface area contributed by atoms with Gasteiger partial charge in [-0.15, -0.1) is 24.0 Å². The molecule has 2 rings (SSSR count). The number of carbonyl (C=O) groups is 1. The predicted octanol–water partition coefficient (Wildman–Crippen LogP) is 2.74. The molecular formula is C19H31IN4O2. The first kappa shape index (κ1) is 22.5. The Bertz CT molecular complexity index is 587. The van der Waals surface area contributed by atoms with Crippen molar-refractivity contribution in [1.82, 2.24) is 15.5 Å². The van der Waals surface area contributed by atoms with E-state index in [9.17, 15) is 4.79 Å². The van der Waals surface area contributed by atoms with Crippen molar-refractivity contribution in [3.05, 3.63) is 29.8 Å². The van der Waals surface area contributed by atoms with Crippen LogP contribution in [0.1, 0.15) is 37.0 Å². The molecule has 1 aromatic carbocycles. The van der Waals surface area contributed by atoms with Gasteiger partial charge in [0, 0.05) is 31.7 Å². The molecule has 6 nitrogen and oxygen atoms in total. The molecule has 146 valence electrons. The molecule has 0 bridgehead atoms. The average molecular weight is 474 g/mol. The zero-order chi connectivity index (χ0) is 18.1. The second-order valence-electron chi connectivity index (χ2n) is 6.39. The summed E-state index contributed by atoms with van der Waals surface area (Å²) in [7, 11) is 1.59. The van der Waals surface area contributed by atoms with E-state index in [1.54, 1.807) is 19.2 Å². The Kier molecular flexibility index (Phi) is 10.4. The number of nitrogens with one attached hydrogen (secondary N) is 2. The fraction of sp³-hybridized carbons (Fsp3) is 0.579. The van der Waals surface area contributed by atoms with E-state index in [2.05, 4.69) is 34.4 Å². The van der Waals surface area contributed by atoms with Crippen LogP contribution in [0.2, 0.25) is 0 Å². The van der Waals surface area contributed by atoms with Crippen molar-refractivity contribution in [2.75, 3.05) is 39.8 Å². The van der Waals surface area contributed by atoms with Gasteiger partial charge in [-0.25, -0.2) is 0 Å². The molecule has 0 atom stereocenters. The number of likely N-dealkylation sites (tertiary alicyclic amines) is 1. The molecule has 0 aliphatic carbocycles. The number of hydrogen-bond donors (Lipinski definition) is 2. The minimum Gasteiger partial charge on any atom is -0.497 e. The zero-order valence-corrected chi connectivity index (χ0v) is 18.3. The van der Waals surface area contributed by atoms with Gasteiger partial charge in [0.05, 0.1) is 13.7 Å². The molecule has 1 aromatic rings. The Morgan fingerprint density at radius 2 is 2.04 bits per heavy atom. The van der Waals surface area contributed by atoms with E-state index in [1.165, 1.54) is 12.8 Å². The molecule has 0 spiro atoms. The fourth-order valence-electron chi connectivity index (χ4n) is 2.84. The largest absolute Gasteiger partial charge is 0.497 e. The Hall–Kier alpha value is -1.51. The number of ether oxygens (including phenoxy) is 1. The number of guanidine groups is 1. The van der Waals surface area contributed by atoms with Crippen LogP contribution in [0.25, 0.3) is 0 Å². The summed E-state index contributed by atoms with van der Waals surface area (Å²) in [5.74, 6) is 2.32. The predicted molar refractivity (Wildman–Crippen MR) is 117 cm³/mol. The molecular weight excluding hydrogens is 443 g/mol. The second kappa shape index (κ2) is 12.0. The summed E-state index contributed by atoms with van der Waals surface area (Å²) in [5, 5.41) is 6.26. The van der Waals surface area contributed by atoms with Gasteiger partial charge in [0.2, 0.25) is 0 Å². The van der Waals surface area contributed by atoms with E-state index in [0.29, 0.717) is 24.4 Å². The fourth-order valence-corrected chi connectivity index (χ4v) is 2.84. The maximum atomic E-state index is 12.2. The number of rotatable bonds is 6. The molecule has 0 saturated carbocycles. The number of halogens is 1. The third kappa shape index (κ3) is 7.01. The van der Waals surface area contributed by atoms with Gasteiger partial charge >= 0.3 is 0 Å². The molecule has 1 saturated heterocycles. The molecule has 1 amide bonds. The van der Waals surface area contributed by atoms with Gasteiger partial charge in [-0.05, 0) is 43.9 Å². The first-order valence-electron chi connectivity index (χ1n) is 9.09. The van der Waals surface area contributed by atoms with E-state index in [-0.39, 0.29) is 29.9 Å². The van der Waals surface area contributed by atoms with Crippen LogP contribution < -0.4 is 15.4 Å². The third-order valence-electron chi connectivity index (χ3n) is 4.41. The summed E-state index contributed by atoms with van der Waals surface area (Å²) >= 11 is 0. The first-order chi connectivity index (χ1) is 12.1. The normalized spacial score (nSPS) is 15.2. The molecule has 26 heavy (non-hydrogen) atoms. The van der Waals surface area contributed by atoms with Crippen LogP contribution >= 0.6 is 24.0 Å². The lowest BCUT2D eigenvalue weighted by molar-refractivity contribution is 0.0954. The van der Waals surface area contributed by atoms with Crippen molar-refractivity contribution in [2.45, 2.75) is 26.7 Å². The highest BCUT2D eigenvalue weighted by Gasteiger charge is 2.18. The maximum Gasteiger partial charge on any atom is 0.251 e. The van der Waals surface area contributed by atoms with Crippen LogP contribution in [-0.2, 0) is 0 Å². The monoisotopic (exact) mass is 474 g/mol. The number of aliphatic imine (C=N–C) groups is 1. The molecule has 0 radical (unpaired) electrons. The molecule has 7 heteroatoms. The lowest BCUT2D eigenvalue weighted by Crippen LogP contribution is -2.45. The van der Waals surface area contributed by atoms with Crippen LogP contribution in [0.3, 0.4) is 0 Å². The summed E-state index contributed by atoms with van der Waals surface area (Å²) in [6.45, 7) is 8.38. The number of nitrogens with zero attached hydrogens (tertiary/aromatic N) is 2. The van der Waals surface area contributed by atoms with E-state index in [4.69, 9.17) is 4.74 Å². The highest BCUT2D eigenvalue weighted by molar-refractivity contribution is 14.0. The number of carbonyl (C=O) groups excluding carboxylic acids is 1. The number of benzene rings is 1. The van der Waals surface area contributed by atoms with Gasteiger partial charge in [-0.1, -0.05) is 13.0 Å². The summed E-state index contributed by atoms with van der Waals surface area (Å²) in [6.07, 6.45) is 2.41. The van der Waals surface area contributed by atoms with Crippen molar-refractivity contribution < 1.29 is 9.53 Å². The third-order valence-corrected chi connectivity index (χ3v) is 4.41. The van der Waals surface area contributed by atoms with Crippen LogP contribution in [0.5, 0.6) is 5.75 Å². The van der Waals surface area contributed by atoms with Crippen molar-refractivity contribution in [3.8, 4) is 5.75 Å². The Labute approximate surface area is 173 Å². The van der Waals surface area contributed by atoms with Gasteiger partial charge in [-0.2, -0.15) is 0 Å². The number of amides is 1. The van der Waals surface area contributed by atoms with Gasteiger partial charge < -0.3 is 20.3 Å². The quantitative estimate of drug-likeness (QED) is 0.288. The summed E-state index contributed by atoms with van der Waals surface area (Å²) < 4.78 is 5.15. The Morgan fingerprint density at radius 3 is 2.69 bits per heavy atom. The van der Waals surface area contributed by atoms with Crippen molar-refractivity contribution in [3.63, 3.8) is 0 Å². The summed E-state index contributed by atoms with van der Waals surface area (Å²) in [4.78, 5) is 19.1. The van der Waals surface area contributed by atoms with E-state index < -0.39 is 0 Å². The lowest BCUT2D eigenvalue weighted by Gasteiger charge is -2.33. The minimum absolute atomic E-state index is 0. The van der Waals surface area contributed by atoms with Crippen molar-refractivity contribution >= 4 is 35.8 Å². The Balaban J connectivity index is 0.00000338. The van der Waals surface area contributed by atoms with Crippen LogP contribution in [0.15, 0.2) is 29.3 Å². The van der Waals surface area contributed by atoms with E-state index in [1.807, 2.05) is 12.1 Å². The Morgan fingerprint density at radius 1 is 1.31 bits per heavy atom. The van der Waals surface area contributed by atoms with Gasteiger partial charge in [0.1, 0.15) is 5.75 Å². The molecule has 1 heterocycles. The second-order valence-corrected chi connectivity index (χ2v) is 6.39. The van der Waals surface area contributed by atoms with E-state index in [0.717, 1.165) is 31.5 Å². The van der Waals surface area contributed by atoms with Crippen LogP contribution in [0.4, 0.5) is 0 Å². The van der Waals surface area contributed by atoms with Crippen molar-refractivity contribution in [2.24, 2.45) is 10.9 Å². The maximum absolute atomic E-state index is 12.2. The highest BCUT2D eigenvalue weighted by atomic mass is 127. The SMILES string of the molecule is CCNC(=NCCNC(=O)c1cccc(OC)c1)N1CCC(C)CC1.I. The molecule has 0 aromatic heterocycles. The number of methoxy groups -OCH3 is 1. The van der Waals surface area contributed by atoms with Gasteiger partial charge in [0.25, 0.3) is 5.91 Å². The van der Waals surface area contributed by atoms with Crippen molar-refractivity contribution in [1.29, 1.82) is 0 Å². The average Bonchev–Trinajstić information content (AvgIpc) is 2.65. The van der Waals surface area contributed by atoms with E-state index >= 15 is 0 Å². The molecule has 1 aliphatic rings. The zero-order valence-electron chi connectivity index (χ0n) is 16.0. The van der Waals surface area contributed by atoms with Crippen LogP contribution in [0, 0.1) is 5.92 Å². The highest BCUT2D eigenvalue weighted by Crippen LogP contribution is 2.16. The van der Waals surface area contributed by atoms with Gasteiger partial charge in [-0.3, -0.25) is 9.79 Å². The smallest absolute Gasteiger partial charge is 0.251 e. The molecule has 0 unspecified atom stereocenters.